The molecular formula is C11H14N4. The van der Waals surface area contributed by atoms with Crippen molar-refractivity contribution in [3.05, 3.63) is 23.9 Å². The van der Waals surface area contributed by atoms with E-state index in [1.54, 1.807) is 18.3 Å². The molecular weight excluding hydrogens is 188 g/mol. The molecule has 2 N–H and O–H groups in total. The zero-order valence-corrected chi connectivity index (χ0v) is 8.75. The van der Waals surface area contributed by atoms with Crippen LogP contribution in [0.15, 0.2) is 18.3 Å². The van der Waals surface area contributed by atoms with Crippen LogP contribution >= 0.6 is 0 Å². The SMILES string of the molecule is CC1(Nc2ncccc2C#N)CCNC1. The molecule has 1 atom stereocenters. The predicted octanol–water partition coefficient (Wildman–Crippen LogP) is 1.12. The maximum Gasteiger partial charge on any atom is 0.144 e. The minimum Gasteiger partial charge on any atom is -0.362 e. The highest BCUT2D eigenvalue weighted by Gasteiger charge is 2.29. The molecule has 1 aliphatic heterocycles. The second-order valence-electron chi connectivity index (χ2n) is 4.12. The van der Waals surface area contributed by atoms with E-state index < -0.39 is 0 Å². The Kier molecular flexibility index (Phi) is 2.57. The van der Waals surface area contributed by atoms with E-state index in [0.29, 0.717) is 11.4 Å². The number of nitrogens with zero attached hydrogens (tertiary/aromatic N) is 2. The van der Waals surface area contributed by atoms with Gasteiger partial charge in [-0.05, 0) is 32.0 Å². The lowest BCUT2D eigenvalue weighted by Crippen LogP contribution is -2.37. The zero-order chi connectivity index (χ0) is 10.7. The van der Waals surface area contributed by atoms with E-state index in [1.807, 2.05) is 0 Å². The van der Waals surface area contributed by atoms with Crippen LogP contribution in [-0.2, 0) is 0 Å². The molecule has 15 heavy (non-hydrogen) atoms. The molecule has 2 rings (SSSR count). The third-order valence-corrected chi connectivity index (χ3v) is 2.72. The average molecular weight is 202 g/mol. The van der Waals surface area contributed by atoms with Crippen molar-refractivity contribution in [2.24, 2.45) is 0 Å². The van der Waals surface area contributed by atoms with Crippen molar-refractivity contribution in [1.82, 2.24) is 10.3 Å². The molecule has 1 fully saturated rings. The molecule has 0 amide bonds. The van der Waals surface area contributed by atoms with Gasteiger partial charge in [0.2, 0.25) is 0 Å². The number of anilines is 1. The van der Waals surface area contributed by atoms with Gasteiger partial charge < -0.3 is 10.6 Å². The Bertz CT molecular complexity index is 388. The molecule has 1 aromatic heterocycles. The normalized spacial score (nSPS) is 24.8. The van der Waals surface area contributed by atoms with Crippen LogP contribution in [0.1, 0.15) is 18.9 Å². The van der Waals surface area contributed by atoms with Crippen molar-refractivity contribution in [3.63, 3.8) is 0 Å². The molecule has 1 aliphatic rings. The van der Waals surface area contributed by atoms with Gasteiger partial charge in [-0.3, -0.25) is 0 Å². The molecule has 4 nitrogen and oxygen atoms in total. The summed E-state index contributed by atoms with van der Waals surface area (Å²) < 4.78 is 0. The highest BCUT2D eigenvalue weighted by molar-refractivity contribution is 5.52. The van der Waals surface area contributed by atoms with Crippen LogP contribution in [0.25, 0.3) is 0 Å². The molecule has 1 unspecified atom stereocenters. The summed E-state index contributed by atoms with van der Waals surface area (Å²) in [4.78, 5) is 4.20. The van der Waals surface area contributed by atoms with Crippen molar-refractivity contribution in [3.8, 4) is 6.07 Å². The Morgan fingerprint density at radius 3 is 3.20 bits per heavy atom. The van der Waals surface area contributed by atoms with Gasteiger partial charge >= 0.3 is 0 Å². The third kappa shape index (κ3) is 2.08. The summed E-state index contributed by atoms with van der Waals surface area (Å²) >= 11 is 0. The fourth-order valence-electron chi connectivity index (χ4n) is 1.80. The molecule has 0 saturated carbocycles. The summed E-state index contributed by atoms with van der Waals surface area (Å²) in [6.45, 7) is 4.06. The lowest BCUT2D eigenvalue weighted by molar-refractivity contribution is 0.564. The predicted molar refractivity (Wildman–Crippen MR) is 58.5 cm³/mol. The van der Waals surface area contributed by atoms with Crippen molar-refractivity contribution in [2.45, 2.75) is 18.9 Å². The summed E-state index contributed by atoms with van der Waals surface area (Å²) in [6, 6.07) is 5.70. The highest BCUT2D eigenvalue weighted by atomic mass is 15.1. The number of nitriles is 1. The zero-order valence-electron chi connectivity index (χ0n) is 8.75. The number of rotatable bonds is 2. The van der Waals surface area contributed by atoms with Crippen molar-refractivity contribution in [2.75, 3.05) is 18.4 Å². The molecule has 1 saturated heterocycles. The van der Waals surface area contributed by atoms with E-state index in [4.69, 9.17) is 5.26 Å². The second kappa shape index (κ2) is 3.87. The molecule has 78 valence electrons. The van der Waals surface area contributed by atoms with Crippen LogP contribution in [0, 0.1) is 11.3 Å². The number of nitrogens with one attached hydrogen (secondary N) is 2. The van der Waals surface area contributed by atoms with Gasteiger partial charge in [0.05, 0.1) is 5.56 Å². The molecule has 0 aliphatic carbocycles. The van der Waals surface area contributed by atoms with Crippen LogP contribution in [0.2, 0.25) is 0 Å². The first-order chi connectivity index (χ1) is 7.23. The number of pyridine rings is 1. The molecule has 0 aromatic carbocycles. The summed E-state index contributed by atoms with van der Waals surface area (Å²) in [5, 5.41) is 15.6. The van der Waals surface area contributed by atoms with Gasteiger partial charge in [0.1, 0.15) is 11.9 Å². The van der Waals surface area contributed by atoms with Crippen LogP contribution < -0.4 is 10.6 Å². The second-order valence-corrected chi connectivity index (χ2v) is 4.12. The number of aromatic nitrogens is 1. The van der Waals surface area contributed by atoms with Crippen LogP contribution in [-0.4, -0.2) is 23.6 Å². The molecule has 0 radical (unpaired) electrons. The smallest absolute Gasteiger partial charge is 0.144 e. The Morgan fingerprint density at radius 1 is 1.67 bits per heavy atom. The van der Waals surface area contributed by atoms with Gasteiger partial charge in [-0.15, -0.1) is 0 Å². The minimum absolute atomic E-state index is 0.0138. The highest BCUT2D eigenvalue weighted by Crippen LogP contribution is 2.21. The Labute approximate surface area is 89.3 Å². The fraction of sp³-hybridized carbons (Fsp3) is 0.455. The van der Waals surface area contributed by atoms with Gasteiger partial charge in [0.25, 0.3) is 0 Å². The molecule has 4 heteroatoms. The largest absolute Gasteiger partial charge is 0.362 e. The van der Waals surface area contributed by atoms with Gasteiger partial charge in [-0.2, -0.15) is 5.26 Å². The first-order valence-corrected chi connectivity index (χ1v) is 5.07. The van der Waals surface area contributed by atoms with Crippen LogP contribution in [0.3, 0.4) is 0 Å². The van der Waals surface area contributed by atoms with Crippen molar-refractivity contribution < 1.29 is 0 Å². The van der Waals surface area contributed by atoms with E-state index in [-0.39, 0.29) is 5.54 Å². The third-order valence-electron chi connectivity index (χ3n) is 2.72. The maximum absolute atomic E-state index is 8.93. The first-order valence-electron chi connectivity index (χ1n) is 5.07. The van der Waals surface area contributed by atoms with Gasteiger partial charge in [-0.25, -0.2) is 4.98 Å². The molecule has 0 bridgehead atoms. The summed E-state index contributed by atoms with van der Waals surface area (Å²) in [5.41, 5.74) is 0.616. The average Bonchev–Trinajstić information content (AvgIpc) is 2.66. The topological polar surface area (TPSA) is 60.7 Å². The van der Waals surface area contributed by atoms with Crippen LogP contribution in [0.4, 0.5) is 5.82 Å². The molecule has 0 spiro atoms. The van der Waals surface area contributed by atoms with Gasteiger partial charge in [0, 0.05) is 18.3 Å². The fourth-order valence-corrected chi connectivity index (χ4v) is 1.80. The van der Waals surface area contributed by atoms with E-state index >= 15 is 0 Å². The number of hydrogen-bond donors (Lipinski definition) is 2. The van der Waals surface area contributed by atoms with E-state index in [1.165, 1.54) is 0 Å². The molecule has 1 aromatic rings. The van der Waals surface area contributed by atoms with E-state index in [9.17, 15) is 0 Å². The van der Waals surface area contributed by atoms with E-state index in [0.717, 1.165) is 19.5 Å². The van der Waals surface area contributed by atoms with Crippen LogP contribution in [0.5, 0.6) is 0 Å². The summed E-state index contributed by atoms with van der Waals surface area (Å²) in [6.07, 6.45) is 2.75. The summed E-state index contributed by atoms with van der Waals surface area (Å²) in [7, 11) is 0. The van der Waals surface area contributed by atoms with Gasteiger partial charge in [-0.1, -0.05) is 0 Å². The monoisotopic (exact) mass is 202 g/mol. The van der Waals surface area contributed by atoms with E-state index in [2.05, 4.69) is 28.6 Å². The van der Waals surface area contributed by atoms with Gasteiger partial charge in [0.15, 0.2) is 0 Å². The number of hydrogen-bond acceptors (Lipinski definition) is 4. The van der Waals surface area contributed by atoms with Crippen molar-refractivity contribution in [1.29, 1.82) is 5.26 Å². The summed E-state index contributed by atoms with van der Waals surface area (Å²) in [5.74, 6) is 0.686. The minimum atomic E-state index is 0.0138. The first kappa shape index (κ1) is 9.94. The van der Waals surface area contributed by atoms with Crippen molar-refractivity contribution >= 4 is 5.82 Å². The lowest BCUT2D eigenvalue weighted by atomic mass is 10.0. The standard InChI is InChI=1S/C11H14N4/c1-11(4-6-13-8-11)15-10-9(7-12)3-2-5-14-10/h2-3,5,13H,4,6,8H2,1H3,(H,14,15). The Balaban J connectivity index is 2.20. The quantitative estimate of drug-likeness (QED) is 0.754. The molecule has 2 heterocycles. The Morgan fingerprint density at radius 2 is 2.53 bits per heavy atom. The Hall–Kier alpha value is -1.60. The lowest BCUT2D eigenvalue weighted by Gasteiger charge is -2.25. The maximum atomic E-state index is 8.93.